The average molecular weight is 287 g/mol. The Morgan fingerprint density at radius 3 is 2.15 bits per heavy atom. The molecule has 2 N–H and O–H groups in total. The minimum Gasteiger partial charge on any atom is -0.481 e. The zero-order valence-electron chi connectivity index (χ0n) is 12.7. The molecule has 0 aromatic heterocycles. The molecule has 0 aliphatic heterocycles. The number of rotatable bonds is 13. The zero-order chi connectivity index (χ0) is 15.1. The SMILES string of the molecule is CCCCOC(=O)NCCCCCCCCCC(=O)O. The van der Waals surface area contributed by atoms with E-state index in [1.54, 1.807) is 0 Å². The standard InChI is InChI=1S/C15H29NO4/c1-2-3-13-20-15(19)16-12-10-8-6-4-5-7-9-11-14(17)18/h2-13H2,1H3,(H,16,19)(H,17,18). The van der Waals surface area contributed by atoms with Crippen LogP contribution in [0, 0.1) is 0 Å². The lowest BCUT2D eigenvalue weighted by Gasteiger charge is -2.06. The van der Waals surface area contributed by atoms with Gasteiger partial charge in [-0.05, 0) is 19.3 Å². The maximum absolute atomic E-state index is 11.2. The summed E-state index contributed by atoms with van der Waals surface area (Å²) in [6.07, 6.45) is 9.12. The second kappa shape index (κ2) is 14.2. The van der Waals surface area contributed by atoms with Crippen LogP contribution in [0.2, 0.25) is 0 Å². The van der Waals surface area contributed by atoms with E-state index in [1.165, 1.54) is 0 Å². The molecule has 0 bridgehead atoms. The fraction of sp³-hybridized carbons (Fsp3) is 0.867. The Morgan fingerprint density at radius 2 is 1.55 bits per heavy atom. The van der Waals surface area contributed by atoms with Gasteiger partial charge in [-0.25, -0.2) is 4.79 Å². The van der Waals surface area contributed by atoms with Crippen LogP contribution in [0.25, 0.3) is 0 Å². The number of alkyl carbamates (subject to hydrolysis) is 1. The van der Waals surface area contributed by atoms with E-state index in [4.69, 9.17) is 9.84 Å². The second-order valence-corrected chi connectivity index (χ2v) is 5.03. The number of aliphatic carboxylic acids is 1. The van der Waals surface area contributed by atoms with Gasteiger partial charge < -0.3 is 15.2 Å². The minimum absolute atomic E-state index is 0.282. The molecule has 0 fully saturated rings. The largest absolute Gasteiger partial charge is 0.481 e. The van der Waals surface area contributed by atoms with E-state index < -0.39 is 5.97 Å². The van der Waals surface area contributed by atoms with Crippen LogP contribution in [0.1, 0.15) is 71.1 Å². The summed E-state index contributed by atoms with van der Waals surface area (Å²) in [4.78, 5) is 21.5. The van der Waals surface area contributed by atoms with Crippen molar-refractivity contribution in [3.05, 3.63) is 0 Å². The third-order valence-electron chi connectivity index (χ3n) is 3.07. The number of carbonyl (C=O) groups excluding carboxylic acids is 1. The van der Waals surface area contributed by atoms with Crippen LogP contribution < -0.4 is 5.32 Å². The molecular weight excluding hydrogens is 258 g/mol. The molecule has 0 rings (SSSR count). The summed E-state index contributed by atoms with van der Waals surface area (Å²) in [5.74, 6) is -0.707. The van der Waals surface area contributed by atoms with Gasteiger partial charge >= 0.3 is 12.1 Å². The first-order chi connectivity index (χ1) is 9.66. The number of nitrogens with one attached hydrogen (secondary N) is 1. The van der Waals surface area contributed by atoms with Crippen LogP contribution in [0.3, 0.4) is 0 Å². The first kappa shape index (κ1) is 18.7. The number of carbonyl (C=O) groups is 2. The van der Waals surface area contributed by atoms with Crippen molar-refractivity contribution < 1.29 is 19.4 Å². The third-order valence-corrected chi connectivity index (χ3v) is 3.07. The Bertz CT molecular complexity index is 256. The quantitative estimate of drug-likeness (QED) is 0.506. The topological polar surface area (TPSA) is 75.6 Å². The van der Waals surface area contributed by atoms with Gasteiger partial charge in [0.1, 0.15) is 0 Å². The summed E-state index contributed by atoms with van der Waals surface area (Å²) in [6, 6.07) is 0. The fourth-order valence-electron chi connectivity index (χ4n) is 1.84. The Hall–Kier alpha value is -1.26. The second-order valence-electron chi connectivity index (χ2n) is 5.03. The van der Waals surface area contributed by atoms with Gasteiger partial charge in [-0.2, -0.15) is 0 Å². The highest BCUT2D eigenvalue weighted by Crippen LogP contribution is 2.08. The molecule has 0 atom stereocenters. The highest BCUT2D eigenvalue weighted by molar-refractivity contribution is 5.67. The van der Waals surface area contributed by atoms with Crippen molar-refractivity contribution in [2.24, 2.45) is 0 Å². The monoisotopic (exact) mass is 287 g/mol. The molecule has 0 unspecified atom stereocenters. The van der Waals surface area contributed by atoms with Gasteiger partial charge in [0, 0.05) is 13.0 Å². The summed E-state index contributed by atoms with van der Waals surface area (Å²) in [6.45, 7) is 3.23. The van der Waals surface area contributed by atoms with Crippen LogP contribution in [0.4, 0.5) is 4.79 Å². The summed E-state index contributed by atoms with van der Waals surface area (Å²) >= 11 is 0. The third kappa shape index (κ3) is 14.8. The molecule has 0 aromatic carbocycles. The number of carboxylic acid groups (broad SMARTS) is 1. The Kier molecular flexibility index (Phi) is 13.3. The Morgan fingerprint density at radius 1 is 0.950 bits per heavy atom. The lowest BCUT2D eigenvalue weighted by Crippen LogP contribution is -2.25. The van der Waals surface area contributed by atoms with Crippen molar-refractivity contribution >= 4 is 12.1 Å². The highest BCUT2D eigenvalue weighted by atomic mass is 16.5. The molecule has 0 aromatic rings. The van der Waals surface area contributed by atoms with Gasteiger partial charge in [0.25, 0.3) is 0 Å². The Labute approximate surface area is 122 Å². The summed E-state index contributed by atoms with van der Waals surface area (Å²) in [5.41, 5.74) is 0. The van der Waals surface area contributed by atoms with Gasteiger partial charge in [0.15, 0.2) is 0 Å². The van der Waals surface area contributed by atoms with Crippen molar-refractivity contribution in [3.63, 3.8) is 0 Å². The first-order valence-electron chi connectivity index (χ1n) is 7.79. The maximum Gasteiger partial charge on any atom is 0.407 e. The maximum atomic E-state index is 11.2. The lowest BCUT2D eigenvalue weighted by atomic mass is 10.1. The van der Waals surface area contributed by atoms with Crippen LogP contribution in [0.15, 0.2) is 0 Å². The van der Waals surface area contributed by atoms with Gasteiger partial charge in [0.05, 0.1) is 6.61 Å². The predicted octanol–water partition coefficient (Wildman–Crippen LogP) is 3.72. The van der Waals surface area contributed by atoms with Crippen LogP contribution >= 0.6 is 0 Å². The number of hydrogen-bond acceptors (Lipinski definition) is 3. The van der Waals surface area contributed by atoms with E-state index in [0.717, 1.165) is 57.8 Å². The van der Waals surface area contributed by atoms with Crippen LogP contribution in [-0.4, -0.2) is 30.3 Å². The van der Waals surface area contributed by atoms with Crippen LogP contribution in [-0.2, 0) is 9.53 Å². The van der Waals surface area contributed by atoms with E-state index in [9.17, 15) is 9.59 Å². The van der Waals surface area contributed by atoms with E-state index in [1.807, 2.05) is 0 Å². The van der Waals surface area contributed by atoms with Gasteiger partial charge in [0.2, 0.25) is 0 Å². The van der Waals surface area contributed by atoms with Crippen molar-refractivity contribution in [2.75, 3.05) is 13.2 Å². The number of ether oxygens (including phenoxy) is 1. The van der Waals surface area contributed by atoms with E-state index in [0.29, 0.717) is 13.2 Å². The molecule has 5 nitrogen and oxygen atoms in total. The van der Waals surface area contributed by atoms with Crippen molar-refractivity contribution in [3.8, 4) is 0 Å². The van der Waals surface area contributed by atoms with Gasteiger partial charge in [-0.3, -0.25) is 4.79 Å². The van der Waals surface area contributed by atoms with E-state index in [-0.39, 0.29) is 12.5 Å². The first-order valence-corrected chi connectivity index (χ1v) is 7.79. The smallest absolute Gasteiger partial charge is 0.407 e. The summed E-state index contributed by atoms with van der Waals surface area (Å²) in [5, 5.41) is 11.2. The molecule has 0 aliphatic carbocycles. The van der Waals surface area contributed by atoms with Gasteiger partial charge in [-0.1, -0.05) is 45.4 Å². The molecule has 118 valence electrons. The Balaban J connectivity index is 3.12. The normalized spacial score (nSPS) is 10.2. The molecule has 0 spiro atoms. The van der Waals surface area contributed by atoms with E-state index >= 15 is 0 Å². The molecule has 20 heavy (non-hydrogen) atoms. The number of amides is 1. The highest BCUT2D eigenvalue weighted by Gasteiger charge is 2.00. The number of carboxylic acids is 1. The van der Waals surface area contributed by atoms with Crippen molar-refractivity contribution in [1.29, 1.82) is 0 Å². The molecule has 5 heteroatoms. The van der Waals surface area contributed by atoms with Crippen molar-refractivity contribution in [2.45, 2.75) is 71.1 Å². The zero-order valence-corrected chi connectivity index (χ0v) is 12.7. The molecule has 0 aliphatic rings. The predicted molar refractivity (Wildman–Crippen MR) is 78.8 cm³/mol. The van der Waals surface area contributed by atoms with Crippen LogP contribution in [0.5, 0.6) is 0 Å². The average Bonchev–Trinajstić information content (AvgIpc) is 2.41. The minimum atomic E-state index is -0.707. The molecule has 0 heterocycles. The van der Waals surface area contributed by atoms with Crippen molar-refractivity contribution in [1.82, 2.24) is 5.32 Å². The summed E-state index contributed by atoms with van der Waals surface area (Å²) in [7, 11) is 0. The lowest BCUT2D eigenvalue weighted by molar-refractivity contribution is -0.137. The molecule has 0 saturated heterocycles. The van der Waals surface area contributed by atoms with Gasteiger partial charge in [-0.15, -0.1) is 0 Å². The molecular formula is C15H29NO4. The number of hydrogen-bond donors (Lipinski definition) is 2. The molecule has 0 saturated carbocycles. The fourth-order valence-corrected chi connectivity index (χ4v) is 1.84. The number of unbranched alkanes of at least 4 members (excludes halogenated alkanes) is 7. The summed E-state index contributed by atoms with van der Waals surface area (Å²) < 4.78 is 4.98. The molecule has 0 radical (unpaired) electrons. The molecule has 1 amide bonds. The van der Waals surface area contributed by atoms with E-state index in [2.05, 4.69) is 12.2 Å².